The number of nitrogens with two attached hydrogens (primary N) is 1. The Labute approximate surface area is 227 Å². The van der Waals surface area contributed by atoms with Crippen LogP contribution in [0.2, 0.25) is 0 Å². The van der Waals surface area contributed by atoms with Gasteiger partial charge >= 0.3 is 0 Å². The molecule has 12 nitrogen and oxygen atoms in total. The zero-order chi connectivity index (χ0) is 27.5. The molecule has 3 N–H and O–H groups in total. The molecule has 5 rings (SSSR count). The van der Waals surface area contributed by atoms with Crippen LogP contribution in [-0.2, 0) is 41.4 Å². The van der Waals surface area contributed by atoms with Crippen molar-refractivity contribution in [3.05, 3.63) is 41.7 Å². The van der Waals surface area contributed by atoms with E-state index in [-0.39, 0.29) is 36.5 Å². The van der Waals surface area contributed by atoms with E-state index < -0.39 is 12.1 Å². The standard InChI is InChI=1S/C27H37N9O3/c1-33-20(9-10-30-33)13-19-15-24(26(38)29-16-18-5-7-23-22(14-18)31-32-34(23)2)36(17-19)27(39)21(28)6-8-25(37)35-11-3-4-12-35/h5,7,9-10,14,19,21,24H,3-4,6,8,11-13,15-17,28H2,1-2H3,(H,29,38)/t19-,21+,24-/m0/s1. The number of likely N-dealkylation sites (tertiary alicyclic amines) is 2. The van der Waals surface area contributed by atoms with Crippen molar-refractivity contribution >= 4 is 28.8 Å². The quantitative estimate of drug-likeness (QED) is 0.406. The second kappa shape index (κ2) is 11.5. The maximum Gasteiger partial charge on any atom is 0.243 e. The first kappa shape index (κ1) is 26.8. The van der Waals surface area contributed by atoms with Gasteiger partial charge in [0.15, 0.2) is 0 Å². The summed E-state index contributed by atoms with van der Waals surface area (Å²) >= 11 is 0. The van der Waals surface area contributed by atoms with Gasteiger partial charge in [0.05, 0.1) is 11.6 Å². The number of carbonyl (C=O) groups is 3. The Morgan fingerprint density at radius 2 is 1.92 bits per heavy atom. The van der Waals surface area contributed by atoms with Gasteiger partial charge in [0.2, 0.25) is 17.7 Å². The third-order valence-electron chi connectivity index (χ3n) is 7.98. The lowest BCUT2D eigenvalue weighted by molar-refractivity contribution is -0.140. The fraction of sp³-hybridized carbons (Fsp3) is 0.556. The number of hydrogen-bond acceptors (Lipinski definition) is 7. The molecule has 2 aliphatic heterocycles. The fourth-order valence-corrected chi connectivity index (χ4v) is 5.70. The second-order valence-electron chi connectivity index (χ2n) is 10.7. The van der Waals surface area contributed by atoms with E-state index in [4.69, 9.17) is 5.73 Å². The summed E-state index contributed by atoms with van der Waals surface area (Å²) in [4.78, 5) is 42.9. The number of fused-ring (bicyclic) bond motifs is 1. The number of aromatic nitrogens is 5. The largest absolute Gasteiger partial charge is 0.350 e. The molecule has 2 saturated heterocycles. The highest BCUT2D eigenvalue weighted by Crippen LogP contribution is 2.28. The first-order chi connectivity index (χ1) is 18.8. The van der Waals surface area contributed by atoms with Gasteiger partial charge in [-0.15, -0.1) is 5.10 Å². The number of nitrogens with zero attached hydrogens (tertiary/aromatic N) is 7. The van der Waals surface area contributed by atoms with Crippen molar-refractivity contribution < 1.29 is 14.4 Å². The second-order valence-corrected chi connectivity index (χ2v) is 10.7. The third-order valence-corrected chi connectivity index (χ3v) is 7.98. The Kier molecular flexibility index (Phi) is 7.92. The molecule has 2 aromatic heterocycles. The molecule has 2 fully saturated rings. The maximum atomic E-state index is 13.5. The van der Waals surface area contributed by atoms with Crippen LogP contribution < -0.4 is 11.1 Å². The summed E-state index contributed by atoms with van der Waals surface area (Å²) in [6.45, 7) is 2.29. The third kappa shape index (κ3) is 5.95. The average molecular weight is 536 g/mol. The molecular weight excluding hydrogens is 498 g/mol. The number of hydrogen-bond donors (Lipinski definition) is 2. The molecule has 3 amide bonds. The zero-order valence-corrected chi connectivity index (χ0v) is 22.6. The van der Waals surface area contributed by atoms with Gasteiger partial charge in [-0.25, -0.2) is 4.68 Å². The lowest BCUT2D eigenvalue weighted by Gasteiger charge is -2.27. The highest BCUT2D eigenvalue weighted by atomic mass is 16.2. The summed E-state index contributed by atoms with van der Waals surface area (Å²) in [6, 6.07) is 6.26. The number of aryl methyl sites for hydroxylation is 2. The summed E-state index contributed by atoms with van der Waals surface area (Å²) in [5.41, 5.74) is 9.92. The smallest absolute Gasteiger partial charge is 0.243 e. The number of amides is 3. The van der Waals surface area contributed by atoms with Crippen molar-refractivity contribution in [3.8, 4) is 0 Å². The van der Waals surface area contributed by atoms with Crippen LogP contribution in [-0.4, -0.2) is 84.0 Å². The molecule has 12 heteroatoms. The van der Waals surface area contributed by atoms with Gasteiger partial charge in [0.25, 0.3) is 0 Å². The summed E-state index contributed by atoms with van der Waals surface area (Å²) in [6.07, 6.45) is 5.53. The molecule has 3 atom stereocenters. The molecule has 3 aromatic rings. The Bertz CT molecular complexity index is 1340. The molecule has 0 saturated carbocycles. The number of benzene rings is 1. The lowest BCUT2D eigenvalue weighted by Crippen LogP contribution is -2.51. The Hall–Kier alpha value is -3.80. The van der Waals surface area contributed by atoms with Crippen molar-refractivity contribution in [2.45, 2.75) is 57.2 Å². The van der Waals surface area contributed by atoms with E-state index in [0.717, 1.165) is 48.2 Å². The minimum Gasteiger partial charge on any atom is -0.350 e. The van der Waals surface area contributed by atoms with Crippen LogP contribution >= 0.6 is 0 Å². The van der Waals surface area contributed by atoms with E-state index in [1.54, 1.807) is 15.8 Å². The topological polar surface area (TPSA) is 144 Å². The Morgan fingerprint density at radius 1 is 1.13 bits per heavy atom. The van der Waals surface area contributed by atoms with Crippen LogP contribution in [0.25, 0.3) is 11.0 Å². The highest BCUT2D eigenvalue weighted by Gasteiger charge is 2.41. The van der Waals surface area contributed by atoms with E-state index >= 15 is 0 Å². The van der Waals surface area contributed by atoms with E-state index in [1.165, 1.54) is 0 Å². The summed E-state index contributed by atoms with van der Waals surface area (Å²) in [5, 5.41) is 15.4. The van der Waals surface area contributed by atoms with Gasteiger partial charge in [-0.3, -0.25) is 19.1 Å². The van der Waals surface area contributed by atoms with Crippen molar-refractivity contribution in [2.75, 3.05) is 19.6 Å². The molecule has 0 spiro atoms. The minimum absolute atomic E-state index is 0.0422. The first-order valence-electron chi connectivity index (χ1n) is 13.7. The van der Waals surface area contributed by atoms with E-state index in [0.29, 0.717) is 25.9 Å². The van der Waals surface area contributed by atoms with Gasteiger partial charge in [-0.05, 0) is 61.8 Å². The first-order valence-corrected chi connectivity index (χ1v) is 13.7. The Morgan fingerprint density at radius 3 is 2.67 bits per heavy atom. The summed E-state index contributed by atoms with van der Waals surface area (Å²) < 4.78 is 3.52. The summed E-state index contributed by atoms with van der Waals surface area (Å²) in [7, 11) is 3.72. The molecule has 4 heterocycles. The van der Waals surface area contributed by atoms with E-state index in [2.05, 4.69) is 20.7 Å². The van der Waals surface area contributed by atoms with Gasteiger partial charge in [0.1, 0.15) is 11.6 Å². The van der Waals surface area contributed by atoms with Crippen LogP contribution in [0.4, 0.5) is 0 Å². The lowest BCUT2D eigenvalue weighted by atomic mass is 9.99. The van der Waals surface area contributed by atoms with Crippen LogP contribution in [0, 0.1) is 5.92 Å². The number of nitrogens with one attached hydrogen (secondary N) is 1. The van der Waals surface area contributed by atoms with Crippen LogP contribution in [0.5, 0.6) is 0 Å². The molecular formula is C27H37N9O3. The Balaban J connectivity index is 1.24. The minimum atomic E-state index is -0.832. The van der Waals surface area contributed by atoms with Crippen molar-refractivity contribution in [1.29, 1.82) is 0 Å². The number of carbonyl (C=O) groups excluding carboxylic acids is 3. The van der Waals surface area contributed by atoms with Gasteiger partial charge < -0.3 is 20.9 Å². The molecule has 1 aromatic carbocycles. The van der Waals surface area contributed by atoms with E-state index in [1.807, 2.05) is 47.9 Å². The molecule has 2 aliphatic rings. The predicted molar refractivity (Wildman–Crippen MR) is 144 cm³/mol. The van der Waals surface area contributed by atoms with Crippen molar-refractivity contribution in [1.82, 2.24) is 39.9 Å². The summed E-state index contributed by atoms with van der Waals surface area (Å²) in [5.74, 6) is -0.358. The van der Waals surface area contributed by atoms with Crippen LogP contribution in [0.3, 0.4) is 0 Å². The van der Waals surface area contributed by atoms with Crippen LogP contribution in [0.15, 0.2) is 30.5 Å². The monoisotopic (exact) mass is 535 g/mol. The average Bonchev–Trinajstić information content (AvgIpc) is 3.74. The van der Waals surface area contributed by atoms with Gasteiger partial charge in [-0.1, -0.05) is 11.3 Å². The molecule has 0 unspecified atom stereocenters. The van der Waals surface area contributed by atoms with Gasteiger partial charge in [-0.2, -0.15) is 5.10 Å². The molecule has 39 heavy (non-hydrogen) atoms. The molecule has 0 aliphatic carbocycles. The molecule has 0 bridgehead atoms. The van der Waals surface area contributed by atoms with Crippen molar-refractivity contribution in [3.63, 3.8) is 0 Å². The SMILES string of the molecule is Cn1nccc1C[C@H]1C[C@@H](C(=O)NCc2ccc3c(c2)nnn3C)N(C(=O)[C@H](N)CCC(=O)N2CCCC2)C1. The van der Waals surface area contributed by atoms with Gasteiger partial charge in [0, 0.05) is 58.6 Å². The van der Waals surface area contributed by atoms with Crippen LogP contribution in [0.1, 0.15) is 43.4 Å². The molecule has 0 radical (unpaired) electrons. The zero-order valence-electron chi connectivity index (χ0n) is 22.6. The normalized spacial score (nSPS) is 20.1. The number of rotatable bonds is 9. The predicted octanol–water partition coefficient (Wildman–Crippen LogP) is 0.508. The van der Waals surface area contributed by atoms with E-state index in [9.17, 15) is 14.4 Å². The maximum absolute atomic E-state index is 13.5. The van der Waals surface area contributed by atoms with Crippen molar-refractivity contribution in [2.24, 2.45) is 25.7 Å². The highest BCUT2D eigenvalue weighted by molar-refractivity contribution is 5.90. The fourth-order valence-electron chi connectivity index (χ4n) is 5.70. The molecule has 208 valence electrons.